The van der Waals surface area contributed by atoms with Crippen LogP contribution in [0.4, 0.5) is 5.82 Å². The summed E-state index contributed by atoms with van der Waals surface area (Å²) in [4.78, 5) is 16.3. The van der Waals surface area contributed by atoms with Gasteiger partial charge in [0.2, 0.25) is 5.88 Å². The van der Waals surface area contributed by atoms with Crippen LogP contribution >= 0.6 is 9.24 Å². The van der Waals surface area contributed by atoms with E-state index < -0.39 is 0 Å². The molecule has 22 heavy (non-hydrogen) atoms. The van der Waals surface area contributed by atoms with Gasteiger partial charge in [-0.3, -0.25) is 0 Å². The second-order valence-corrected chi connectivity index (χ2v) is 6.30. The first-order valence-electron chi connectivity index (χ1n) is 7.54. The van der Waals surface area contributed by atoms with Crippen LogP contribution in [0.5, 0.6) is 5.88 Å². The molecule has 2 atom stereocenters. The van der Waals surface area contributed by atoms with E-state index in [1.165, 1.54) is 0 Å². The highest BCUT2D eigenvalue weighted by molar-refractivity contribution is 7.15. The van der Waals surface area contributed by atoms with Crippen molar-refractivity contribution in [1.82, 2.24) is 15.0 Å². The number of aryl methyl sites for hydroxylation is 1. The van der Waals surface area contributed by atoms with E-state index >= 15 is 0 Å². The zero-order valence-corrected chi connectivity index (χ0v) is 13.9. The van der Waals surface area contributed by atoms with Gasteiger partial charge in [-0.05, 0) is 19.9 Å². The first-order valence-corrected chi connectivity index (χ1v) is 8.36. The zero-order chi connectivity index (χ0) is 15.3. The van der Waals surface area contributed by atoms with Gasteiger partial charge in [0.1, 0.15) is 23.6 Å². The van der Waals surface area contributed by atoms with Crippen LogP contribution < -0.4 is 9.64 Å². The largest absolute Gasteiger partial charge is 0.475 e. The predicted molar refractivity (Wildman–Crippen MR) is 87.5 cm³/mol. The van der Waals surface area contributed by atoms with Crippen LogP contribution in [0.2, 0.25) is 0 Å². The highest BCUT2D eigenvalue weighted by Crippen LogP contribution is 2.37. The van der Waals surface area contributed by atoms with Crippen LogP contribution in [0.15, 0.2) is 6.07 Å². The molecule has 0 radical (unpaired) electrons. The third kappa shape index (κ3) is 2.13. The predicted octanol–water partition coefficient (Wildman–Crippen LogP) is 1.69. The molecule has 0 N–H and O–H groups in total. The van der Waals surface area contributed by atoms with Gasteiger partial charge in [-0.2, -0.15) is 0 Å². The molecule has 0 saturated carbocycles. The summed E-state index contributed by atoms with van der Waals surface area (Å²) in [7, 11) is 2.70. The normalized spacial score (nSPS) is 21.4. The number of rotatable bonds is 2. The smallest absolute Gasteiger partial charge is 0.227 e. The van der Waals surface area contributed by atoms with Gasteiger partial charge in [-0.1, -0.05) is 0 Å². The van der Waals surface area contributed by atoms with Crippen LogP contribution in [0, 0.1) is 6.92 Å². The molecule has 4 rings (SSSR count). The molecule has 2 aliphatic rings. The topological polar surface area (TPSA) is 60.4 Å². The first kappa shape index (κ1) is 14.1. The van der Waals surface area contributed by atoms with Crippen molar-refractivity contribution in [1.29, 1.82) is 0 Å². The molecule has 2 aliphatic heterocycles. The van der Waals surface area contributed by atoms with Crippen LogP contribution in [0.3, 0.4) is 0 Å². The SMILES string of the molecule is Cc1cc2nc(CP)nc3c2c(n1)OC[C@H](C)N3C1COC1. The Morgan fingerprint density at radius 1 is 1.27 bits per heavy atom. The van der Waals surface area contributed by atoms with Gasteiger partial charge in [0.05, 0.1) is 30.8 Å². The Hall–Kier alpha value is -1.52. The molecular formula is C15H19N4O2P. The number of ether oxygens (including phenoxy) is 2. The molecule has 1 unspecified atom stereocenters. The van der Waals surface area contributed by atoms with Gasteiger partial charge in [0, 0.05) is 11.9 Å². The fourth-order valence-electron chi connectivity index (χ4n) is 3.06. The van der Waals surface area contributed by atoms with E-state index in [0.29, 0.717) is 18.5 Å². The minimum Gasteiger partial charge on any atom is -0.475 e. The monoisotopic (exact) mass is 318 g/mol. The molecule has 2 aromatic rings. The Morgan fingerprint density at radius 3 is 2.77 bits per heavy atom. The summed E-state index contributed by atoms with van der Waals surface area (Å²) in [6.07, 6.45) is 0.726. The van der Waals surface area contributed by atoms with E-state index in [1.54, 1.807) is 0 Å². The summed E-state index contributed by atoms with van der Waals surface area (Å²) in [5.41, 5.74) is 1.82. The number of hydrogen-bond donors (Lipinski definition) is 0. The van der Waals surface area contributed by atoms with Crippen molar-refractivity contribution in [3.8, 4) is 5.88 Å². The summed E-state index contributed by atoms with van der Waals surface area (Å²) in [5, 5.41) is 0.920. The van der Waals surface area contributed by atoms with Gasteiger partial charge in [-0.25, -0.2) is 15.0 Å². The minimum atomic E-state index is 0.221. The molecule has 0 aliphatic carbocycles. The third-order valence-corrected chi connectivity index (χ3v) is 4.54. The molecule has 116 valence electrons. The lowest BCUT2D eigenvalue weighted by Gasteiger charge is -2.41. The van der Waals surface area contributed by atoms with Crippen molar-refractivity contribution < 1.29 is 9.47 Å². The average molecular weight is 318 g/mol. The fraction of sp³-hybridized carbons (Fsp3) is 0.533. The molecule has 1 fully saturated rings. The molecule has 0 amide bonds. The van der Waals surface area contributed by atoms with Crippen LogP contribution in [-0.4, -0.2) is 46.9 Å². The summed E-state index contributed by atoms with van der Waals surface area (Å²) in [6, 6.07) is 2.57. The summed E-state index contributed by atoms with van der Waals surface area (Å²) < 4.78 is 11.3. The molecule has 7 heteroatoms. The Kier molecular flexibility index (Phi) is 3.39. The third-order valence-electron chi connectivity index (χ3n) is 4.18. The molecule has 2 aromatic heterocycles. The van der Waals surface area contributed by atoms with Crippen molar-refractivity contribution in [3.63, 3.8) is 0 Å². The Labute approximate surface area is 131 Å². The number of anilines is 1. The maximum Gasteiger partial charge on any atom is 0.227 e. The van der Waals surface area contributed by atoms with Gasteiger partial charge in [0.15, 0.2) is 0 Å². The molecule has 0 aromatic carbocycles. The lowest BCUT2D eigenvalue weighted by molar-refractivity contribution is 0.00385. The standard InChI is InChI=1S/C15H19N4O2P/c1-8-3-11-13-14(18-12(7-22)17-11)19(10-5-20-6-10)9(2)4-21-15(13)16-8/h3,9-10H,4-7,22H2,1-2H3/t9-/m0/s1. The van der Waals surface area contributed by atoms with Crippen LogP contribution in [-0.2, 0) is 10.9 Å². The van der Waals surface area contributed by atoms with Crippen molar-refractivity contribution in [2.75, 3.05) is 24.7 Å². The molecule has 0 bridgehead atoms. The Morgan fingerprint density at radius 2 is 2.09 bits per heavy atom. The summed E-state index contributed by atoms with van der Waals surface area (Å²) >= 11 is 0. The molecule has 6 nitrogen and oxygen atoms in total. The maximum atomic E-state index is 5.96. The molecular weight excluding hydrogens is 299 g/mol. The number of hydrogen-bond acceptors (Lipinski definition) is 6. The van der Waals surface area contributed by atoms with Gasteiger partial charge in [-0.15, -0.1) is 9.24 Å². The maximum absolute atomic E-state index is 5.96. The lowest BCUT2D eigenvalue weighted by atomic mass is 10.1. The average Bonchev–Trinajstić information content (AvgIpc) is 2.58. The second kappa shape index (κ2) is 5.28. The van der Waals surface area contributed by atoms with E-state index in [-0.39, 0.29) is 6.04 Å². The Bertz CT molecular complexity index is 735. The second-order valence-electron chi connectivity index (χ2n) is 5.89. The van der Waals surface area contributed by atoms with Crippen molar-refractivity contribution >= 4 is 26.0 Å². The van der Waals surface area contributed by atoms with E-state index in [2.05, 4.69) is 31.0 Å². The highest BCUT2D eigenvalue weighted by atomic mass is 31.0. The van der Waals surface area contributed by atoms with E-state index in [4.69, 9.17) is 14.5 Å². The minimum absolute atomic E-state index is 0.221. The van der Waals surface area contributed by atoms with E-state index in [0.717, 1.165) is 47.6 Å². The summed E-state index contributed by atoms with van der Waals surface area (Å²) in [5.74, 6) is 2.40. The first-order chi connectivity index (χ1) is 10.7. The number of nitrogens with zero attached hydrogens (tertiary/aromatic N) is 4. The van der Waals surface area contributed by atoms with E-state index in [9.17, 15) is 0 Å². The molecule has 4 heterocycles. The molecule has 0 spiro atoms. The zero-order valence-electron chi connectivity index (χ0n) is 12.7. The Balaban J connectivity index is 2.00. The summed E-state index contributed by atoms with van der Waals surface area (Å²) in [6.45, 7) is 6.19. The quantitative estimate of drug-likeness (QED) is 0.786. The lowest BCUT2D eigenvalue weighted by Crippen LogP contribution is -2.54. The van der Waals surface area contributed by atoms with Crippen molar-refractivity contribution in [2.45, 2.75) is 32.1 Å². The van der Waals surface area contributed by atoms with Gasteiger partial charge >= 0.3 is 0 Å². The van der Waals surface area contributed by atoms with Crippen LogP contribution in [0.25, 0.3) is 10.9 Å². The number of aromatic nitrogens is 3. The molecule has 1 saturated heterocycles. The van der Waals surface area contributed by atoms with E-state index in [1.807, 2.05) is 13.0 Å². The highest BCUT2D eigenvalue weighted by Gasteiger charge is 2.35. The van der Waals surface area contributed by atoms with Crippen LogP contribution in [0.1, 0.15) is 18.4 Å². The van der Waals surface area contributed by atoms with Gasteiger partial charge < -0.3 is 14.4 Å². The van der Waals surface area contributed by atoms with Crippen molar-refractivity contribution in [2.24, 2.45) is 0 Å². The van der Waals surface area contributed by atoms with Gasteiger partial charge in [0.25, 0.3) is 0 Å². The number of pyridine rings is 1. The fourth-order valence-corrected chi connectivity index (χ4v) is 3.24. The van der Waals surface area contributed by atoms with Crippen molar-refractivity contribution in [3.05, 3.63) is 17.6 Å².